The van der Waals surface area contributed by atoms with Gasteiger partial charge in [0.05, 0.1) is 18.3 Å². The van der Waals surface area contributed by atoms with Gasteiger partial charge in [0, 0.05) is 12.7 Å². The zero-order chi connectivity index (χ0) is 16.5. The molecule has 0 heterocycles. The Balaban J connectivity index is 1.97. The van der Waals surface area contributed by atoms with Crippen LogP contribution in [0.5, 0.6) is 0 Å². The third kappa shape index (κ3) is 5.41. The van der Waals surface area contributed by atoms with Crippen molar-refractivity contribution in [1.82, 2.24) is 0 Å². The van der Waals surface area contributed by atoms with E-state index < -0.39 is 6.09 Å². The first-order valence-electron chi connectivity index (χ1n) is 7.37. The molecule has 118 valence electrons. The number of benzene rings is 2. The van der Waals surface area contributed by atoms with Gasteiger partial charge in [-0.25, -0.2) is 9.79 Å². The standard InChI is InChI=1S/C18H19N3O2/c1-3-23-18(22)21-17-10-6-15(7-11-17)12-14-4-8-16(9-5-14)20-13-19-2/h4-11H,3,12H2,1-2H3,(H,21,22). The van der Waals surface area contributed by atoms with Crippen molar-refractivity contribution in [2.75, 3.05) is 19.0 Å². The van der Waals surface area contributed by atoms with Crippen LogP contribution in [0.4, 0.5) is 16.2 Å². The summed E-state index contributed by atoms with van der Waals surface area (Å²) in [5.41, 5.74) is 3.89. The van der Waals surface area contributed by atoms with E-state index in [1.165, 1.54) is 5.56 Å². The molecular formula is C18H19N3O2. The number of amides is 1. The van der Waals surface area contributed by atoms with Crippen molar-refractivity contribution in [3.05, 3.63) is 59.7 Å². The quantitative estimate of drug-likeness (QED) is 0.838. The molecule has 0 fully saturated rings. The normalized spacial score (nSPS) is 9.65. The molecule has 23 heavy (non-hydrogen) atoms. The predicted octanol–water partition coefficient (Wildman–Crippen LogP) is 4.28. The van der Waals surface area contributed by atoms with Gasteiger partial charge in [0.2, 0.25) is 0 Å². The van der Waals surface area contributed by atoms with Crippen LogP contribution in [0.3, 0.4) is 0 Å². The largest absolute Gasteiger partial charge is 0.450 e. The lowest BCUT2D eigenvalue weighted by Crippen LogP contribution is -2.13. The first kappa shape index (κ1) is 16.5. The third-order valence-electron chi connectivity index (χ3n) is 3.10. The van der Waals surface area contributed by atoms with E-state index in [9.17, 15) is 4.79 Å². The highest BCUT2D eigenvalue weighted by molar-refractivity contribution is 5.84. The lowest BCUT2D eigenvalue weighted by Gasteiger charge is -2.07. The van der Waals surface area contributed by atoms with Crippen LogP contribution in [0, 0.1) is 0 Å². The number of nitrogens with zero attached hydrogens (tertiary/aromatic N) is 2. The van der Waals surface area contributed by atoms with Gasteiger partial charge < -0.3 is 4.74 Å². The van der Waals surface area contributed by atoms with Crippen LogP contribution in [-0.4, -0.2) is 25.8 Å². The minimum absolute atomic E-state index is 0.355. The molecule has 0 atom stereocenters. The number of hydrogen-bond acceptors (Lipinski definition) is 4. The summed E-state index contributed by atoms with van der Waals surface area (Å²) in [6, 6.07) is 18.2. The molecule has 0 radical (unpaired) electrons. The third-order valence-corrected chi connectivity index (χ3v) is 3.10. The first-order valence-corrected chi connectivity index (χ1v) is 7.37. The molecule has 0 aliphatic rings. The molecule has 2 aromatic rings. The van der Waals surface area contributed by atoms with E-state index in [0.717, 1.165) is 23.4 Å². The summed E-state index contributed by atoms with van der Waals surface area (Å²) in [5, 5.41) is 2.67. The Morgan fingerprint density at radius 3 is 2.26 bits per heavy atom. The number of hydrogen-bond donors (Lipinski definition) is 1. The SMILES string of the molecule is CCOC(=O)Nc1ccc(Cc2ccc(N=C=NC)cc2)cc1. The minimum atomic E-state index is -0.438. The maximum atomic E-state index is 11.3. The molecule has 0 bridgehead atoms. The maximum Gasteiger partial charge on any atom is 0.411 e. The zero-order valence-electron chi connectivity index (χ0n) is 13.2. The van der Waals surface area contributed by atoms with E-state index in [-0.39, 0.29) is 0 Å². The maximum absolute atomic E-state index is 11.3. The van der Waals surface area contributed by atoms with E-state index in [4.69, 9.17) is 4.74 Å². The van der Waals surface area contributed by atoms with Gasteiger partial charge in [0.1, 0.15) is 0 Å². The van der Waals surface area contributed by atoms with Crippen LogP contribution >= 0.6 is 0 Å². The number of rotatable bonds is 5. The van der Waals surface area contributed by atoms with Crippen molar-refractivity contribution in [2.45, 2.75) is 13.3 Å². The number of ether oxygens (including phenoxy) is 1. The highest BCUT2D eigenvalue weighted by atomic mass is 16.5. The van der Waals surface area contributed by atoms with Gasteiger partial charge in [-0.1, -0.05) is 24.3 Å². The van der Waals surface area contributed by atoms with Crippen molar-refractivity contribution in [1.29, 1.82) is 0 Å². The zero-order valence-corrected chi connectivity index (χ0v) is 13.2. The molecule has 5 heteroatoms. The molecular weight excluding hydrogens is 290 g/mol. The number of carbonyl (C=O) groups excluding carboxylic acids is 1. The molecule has 0 unspecified atom stereocenters. The number of carbonyl (C=O) groups is 1. The van der Waals surface area contributed by atoms with Gasteiger partial charge in [-0.15, -0.1) is 0 Å². The number of nitrogens with one attached hydrogen (secondary N) is 1. The van der Waals surface area contributed by atoms with E-state index in [0.29, 0.717) is 6.61 Å². The van der Waals surface area contributed by atoms with E-state index in [1.807, 2.05) is 48.5 Å². The fourth-order valence-electron chi connectivity index (χ4n) is 2.02. The summed E-state index contributed by atoms with van der Waals surface area (Å²) in [6.45, 7) is 2.13. The van der Waals surface area contributed by atoms with E-state index in [1.54, 1.807) is 14.0 Å². The fraction of sp³-hybridized carbons (Fsp3) is 0.222. The Labute approximate surface area is 135 Å². The molecule has 0 aliphatic heterocycles. The number of anilines is 1. The Bertz CT molecular complexity index is 700. The smallest absolute Gasteiger partial charge is 0.411 e. The Hall–Kier alpha value is -2.91. The van der Waals surface area contributed by atoms with Crippen LogP contribution in [0.15, 0.2) is 58.5 Å². The molecule has 0 spiro atoms. The predicted molar refractivity (Wildman–Crippen MR) is 91.8 cm³/mol. The van der Waals surface area contributed by atoms with Crippen LogP contribution in [-0.2, 0) is 11.2 Å². The van der Waals surface area contributed by atoms with Crippen molar-refractivity contribution in [3.63, 3.8) is 0 Å². The summed E-state index contributed by atoms with van der Waals surface area (Å²) in [4.78, 5) is 19.1. The lowest BCUT2D eigenvalue weighted by molar-refractivity contribution is 0.168. The molecule has 0 saturated heterocycles. The molecule has 5 nitrogen and oxygen atoms in total. The summed E-state index contributed by atoms with van der Waals surface area (Å²) in [7, 11) is 1.64. The fourth-order valence-corrected chi connectivity index (χ4v) is 2.02. The van der Waals surface area contributed by atoms with Gasteiger partial charge in [0.15, 0.2) is 0 Å². The lowest BCUT2D eigenvalue weighted by atomic mass is 10.0. The summed E-state index contributed by atoms with van der Waals surface area (Å²) in [6.07, 6.45) is 0.373. The van der Waals surface area contributed by atoms with Gasteiger partial charge in [-0.3, -0.25) is 5.32 Å². The monoisotopic (exact) mass is 309 g/mol. The molecule has 0 aromatic heterocycles. The summed E-state index contributed by atoms with van der Waals surface area (Å²) in [5.74, 6) is 0. The van der Waals surface area contributed by atoms with Crippen molar-refractivity contribution >= 4 is 23.5 Å². The molecule has 2 aromatic carbocycles. The van der Waals surface area contributed by atoms with Crippen molar-refractivity contribution in [2.24, 2.45) is 9.98 Å². The molecule has 0 saturated carbocycles. The van der Waals surface area contributed by atoms with Crippen LogP contribution in [0.2, 0.25) is 0 Å². The Morgan fingerprint density at radius 1 is 1.09 bits per heavy atom. The van der Waals surface area contributed by atoms with Crippen LogP contribution in [0.25, 0.3) is 0 Å². The van der Waals surface area contributed by atoms with Gasteiger partial charge in [-0.2, -0.15) is 4.99 Å². The van der Waals surface area contributed by atoms with Gasteiger partial charge in [0.25, 0.3) is 0 Å². The van der Waals surface area contributed by atoms with Crippen LogP contribution < -0.4 is 5.32 Å². The van der Waals surface area contributed by atoms with Crippen LogP contribution in [0.1, 0.15) is 18.1 Å². The average molecular weight is 309 g/mol. The number of aliphatic imine (C=N–C) groups is 2. The summed E-state index contributed by atoms with van der Waals surface area (Å²) >= 11 is 0. The Kier molecular flexibility index (Phi) is 6.09. The van der Waals surface area contributed by atoms with E-state index in [2.05, 4.69) is 21.3 Å². The molecule has 1 amide bonds. The van der Waals surface area contributed by atoms with Crippen molar-refractivity contribution < 1.29 is 9.53 Å². The van der Waals surface area contributed by atoms with Gasteiger partial charge in [-0.05, 0) is 48.7 Å². The minimum Gasteiger partial charge on any atom is -0.450 e. The molecule has 1 N–H and O–H groups in total. The Morgan fingerprint density at radius 2 is 1.70 bits per heavy atom. The second-order valence-corrected chi connectivity index (χ2v) is 4.82. The second-order valence-electron chi connectivity index (χ2n) is 4.82. The topological polar surface area (TPSA) is 63.0 Å². The molecule has 0 aliphatic carbocycles. The van der Waals surface area contributed by atoms with E-state index >= 15 is 0 Å². The first-order chi connectivity index (χ1) is 11.2. The summed E-state index contributed by atoms with van der Waals surface area (Å²) < 4.78 is 4.84. The second kappa shape index (κ2) is 8.51. The van der Waals surface area contributed by atoms with Crippen molar-refractivity contribution in [3.8, 4) is 0 Å². The average Bonchev–Trinajstić information content (AvgIpc) is 2.56. The van der Waals surface area contributed by atoms with Gasteiger partial charge >= 0.3 is 6.09 Å². The highest BCUT2D eigenvalue weighted by Gasteiger charge is 2.02. The highest BCUT2D eigenvalue weighted by Crippen LogP contribution is 2.17. The molecule has 2 rings (SSSR count).